The fraction of sp³-hybridized carbons (Fsp3) is 0.500. The molecule has 0 spiro atoms. The van der Waals surface area contributed by atoms with Crippen molar-refractivity contribution < 1.29 is 14.7 Å². The molecular formula is C12H17N3O5S. The Hall–Kier alpha value is -2.03. The highest BCUT2D eigenvalue weighted by Gasteiger charge is 2.19. The summed E-state index contributed by atoms with van der Waals surface area (Å²) in [6.07, 6.45) is 3.43. The number of carbonyl (C=O) groups excluding carboxylic acids is 1. The van der Waals surface area contributed by atoms with Crippen molar-refractivity contribution in [1.82, 2.24) is 14.9 Å². The number of aromatic nitrogens is 2. The molecule has 1 atom stereocenters. The molecule has 0 radical (unpaired) electrons. The highest BCUT2D eigenvalue weighted by molar-refractivity contribution is 7.98. The van der Waals surface area contributed by atoms with E-state index in [1.807, 2.05) is 6.26 Å². The smallest absolute Gasteiger partial charge is 0.328 e. The van der Waals surface area contributed by atoms with Gasteiger partial charge in [0.2, 0.25) is 5.91 Å². The zero-order chi connectivity index (χ0) is 15.8. The van der Waals surface area contributed by atoms with Crippen molar-refractivity contribution in [3.8, 4) is 0 Å². The molecular weight excluding hydrogens is 298 g/mol. The van der Waals surface area contributed by atoms with E-state index in [9.17, 15) is 19.2 Å². The van der Waals surface area contributed by atoms with Gasteiger partial charge in [-0.3, -0.25) is 14.6 Å². The van der Waals surface area contributed by atoms with Crippen molar-refractivity contribution in [2.75, 3.05) is 12.0 Å². The summed E-state index contributed by atoms with van der Waals surface area (Å²) in [5.41, 5.74) is -1.11. The number of aromatic amines is 1. The van der Waals surface area contributed by atoms with Gasteiger partial charge in [0.1, 0.15) is 6.04 Å². The van der Waals surface area contributed by atoms with Crippen LogP contribution in [0.4, 0.5) is 0 Å². The van der Waals surface area contributed by atoms with Gasteiger partial charge in [0.15, 0.2) is 0 Å². The molecule has 9 heteroatoms. The number of hydrogen-bond donors (Lipinski definition) is 3. The summed E-state index contributed by atoms with van der Waals surface area (Å²) in [7, 11) is 0. The van der Waals surface area contributed by atoms with E-state index < -0.39 is 29.2 Å². The summed E-state index contributed by atoms with van der Waals surface area (Å²) in [6.45, 7) is 0.0658. The summed E-state index contributed by atoms with van der Waals surface area (Å²) in [4.78, 5) is 47.1. The van der Waals surface area contributed by atoms with E-state index in [1.165, 1.54) is 28.6 Å². The van der Waals surface area contributed by atoms with Crippen LogP contribution in [0.15, 0.2) is 21.9 Å². The van der Waals surface area contributed by atoms with Crippen LogP contribution in [0.2, 0.25) is 0 Å². The number of nitrogens with one attached hydrogen (secondary N) is 2. The molecule has 1 aromatic rings. The first-order valence-corrected chi connectivity index (χ1v) is 7.64. The van der Waals surface area contributed by atoms with Crippen molar-refractivity contribution in [3.63, 3.8) is 0 Å². The van der Waals surface area contributed by atoms with Crippen molar-refractivity contribution in [2.45, 2.75) is 25.4 Å². The number of aliphatic carboxylic acids is 1. The molecule has 116 valence electrons. The number of thioether (sulfide) groups is 1. The third-order valence-electron chi connectivity index (χ3n) is 2.72. The Morgan fingerprint density at radius 3 is 2.76 bits per heavy atom. The molecule has 0 fully saturated rings. The van der Waals surface area contributed by atoms with E-state index in [2.05, 4.69) is 10.3 Å². The number of amides is 1. The molecule has 1 heterocycles. The monoisotopic (exact) mass is 315 g/mol. The van der Waals surface area contributed by atoms with E-state index >= 15 is 0 Å². The number of nitrogens with zero attached hydrogens (tertiary/aromatic N) is 1. The van der Waals surface area contributed by atoms with Gasteiger partial charge in [-0.25, -0.2) is 9.59 Å². The average Bonchev–Trinajstić information content (AvgIpc) is 2.42. The van der Waals surface area contributed by atoms with Gasteiger partial charge in [0, 0.05) is 25.2 Å². The second kappa shape index (κ2) is 8.30. The first-order valence-electron chi connectivity index (χ1n) is 6.25. The van der Waals surface area contributed by atoms with Crippen molar-refractivity contribution in [1.29, 1.82) is 0 Å². The number of carboxylic acids is 1. The van der Waals surface area contributed by atoms with Crippen LogP contribution in [0.5, 0.6) is 0 Å². The summed E-state index contributed by atoms with van der Waals surface area (Å²) < 4.78 is 1.18. The van der Waals surface area contributed by atoms with Gasteiger partial charge in [-0.15, -0.1) is 0 Å². The maximum absolute atomic E-state index is 11.7. The minimum absolute atomic E-state index is 0.0466. The Morgan fingerprint density at radius 2 is 2.19 bits per heavy atom. The standard InChI is InChI=1S/C12H17N3O5S/c1-21-7-4-8(11(18)19)13-9(16)2-5-15-6-3-10(17)14-12(15)20/h3,6,8H,2,4-5,7H2,1H3,(H,13,16)(H,18,19)(H,14,17,20). The normalized spacial score (nSPS) is 11.9. The third-order valence-corrected chi connectivity index (χ3v) is 3.36. The molecule has 1 unspecified atom stereocenters. The van der Waals surface area contributed by atoms with Crippen molar-refractivity contribution >= 4 is 23.6 Å². The lowest BCUT2D eigenvalue weighted by Gasteiger charge is -2.14. The number of rotatable bonds is 8. The number of H-pyrrole nitrogens is 1. The number of hydrogen-bond acceptors (Lipinski definition) is 5. The van der Waals surface area contributed by atoms with Crippen LogP contribution in [0.25, 0.3) is 0 Å². The molecule has 1 rings (SSSR count). The second-order valence-corrected chi connectivity index (χ2v) is 5.28. The molecule has 3 N–H and O–H groups in total. The zero-order valence-corrected chi connectivity index (χ0v) is 12.3. The summed E-state index contributed by atoms with van der Waals surface area (Å²) >= 11 is 1.49. The van der Waals surface area contributed by atoms with E-state index in [4.69, 9.17) is 5.11 Å². The lowest BCUT2D eigenvalue weighted by molar-refractivity contribution is -0.141. The van der Waals surface area contributed by atoms with Gasteiger partial charge in [0.05, 0.1) is 0 Å². The van der Waals surface area contributed by atoms with Crippen LogP contribution >= 0.6 is 11.8 Å². The highest BCUT2D eigenvalue weighted by atomic mass is 32.2. The Morgan fingerprint density at radius 1 is 1.48 bits per heavy atom. The van der Waals surface area contributed by atoms with Gasteiger partial charge in [-0.05, 0) is 18.4 Å². The Bertz CT molecular complexity index is 609. The first-order chi connectivity index (χ1) is 9.93. The molecule has 0 aliphatic heterocycles. The largest absolute Gasteiger partial charge is 0.480 e. The fourth-order valence-electron chi connectivity index (χ4n) is 1.60. The maximum atomic E-state index is 11.7. The zero-order valence-electron chi connectivity index (χ0n) is 11.5. The Labute approximate surface area is 124 Å². The first kappa shape index (κ1) is 17.0. The molecule has 1 amide bonds. The topological polar surface area (TPSA) is 121 Å². The van der Waals surface area contributed by atoms with Crippen LogP contribution in [0.1, 0.15) is 12.8 Å². The van der Waals surface area contributed by atoms with Crippen LogP contribution < -0.4 is 16.6 Å². The third kappa shape index (κ3) is 5.86. The SMILES string of the molecule is CSCCC(NC(=O)CCn1ccc(=O)[nH]c1=O)C(=O)O. The quantitative estimate of drug-likeness (QED) is 0.580. The van der Waals surface area contributed by atoms with Crippen LogP contribution in [0, 0.1) is 0 Å². The molecule has 0 bridgehead atoms. The van der Waals surface area contributed by atoms with E-state index in [1.54, 1.807) is 0 Å². The summed E-state index contributed by atoms with van der Waals surface area (Å²) in [5.74, 6) is -0.920. The van der Waals surface area contributed by atoms with Crippen LogP contribution in [-0.4, -0.2) is 44.6 Å². The van der Waals surface area contributed by atoms with Gasteiger partial charge >= 0.3 is 11.7 Å². The predicted molar refractivity (Wildman–Crippen MR) is 78.5 cm³/mol. The molecule has 0 aliphatic carbocycles. The van der Waals surface area contributed by atoms with Gasteiger partial charge in [-0.1, -0.05) is 0 Å². The Kier molecular flexibility index (Phi) is 6.73. The average molecular weight is 315 g/mol. The minimum Gasteiger partial charge on any atom is -0.480 e. The minimum atomic E-state index is -1.08. The molecule has 8 nitrogen and oxygen atoms in total. The van der Waals surface area contributed by atoms with Gasteiger partial charge < -0.3 is 15.0 Å². The molecule has 0 aromatic carbocycles. The lowest BCUT2D eigenvalue weighted by Crippen LogP contribution is -2.41. The number of aryl methyl sites for hydroxylation is 1. The Balaban J connectivity index is 2.54. The van der Waals surface area contributed by atoms with Crippen molar-refractivity contribution in [3.05, 3.63) is 33.1 Å². The molecule has 1 aromatic heterocycles. The van der Waals surface area contributed by atoms with E-state index in [0.29, 0.717) is 12.2 Å². The van der Waals surface area contributed by atoms with E-state index in [-0.39, 0.29) is 13.0 Å². The molecule has 0 saturated carbocycles. The lowest BCUT2D eigenvalue weighted by atomic mass is 10.2. The fourth-order valence-corrected chi connectivity index (χ4v) is 2.07. The van der Waals surface area contributed by atoms with E-state index in [0.717, 1.165) is 0 Å². The van der Waals surface area contributed by atoms with Gasteiger partial charge in [0.25, 0.3) is 5.56 Å². The summed E-state index contributed by atoms with van der Waals surface area (Å²) in [6, 6.07) is 0.245. The molecule has 21 heavy (non-hydrogen) atoms. The van der Waals surface area contributed by atoms with Crippen molar-refractivity contribution in [2.24, 2.45) is 0 Å². The maximum Gasteiger partial charge on any atom is 0.328 e. The highest BCUT2D eigenvalue weighted by Crippen LogP contribution is 2.01. The van der Waals surface area contributed by atoms with Crippen LogP contribution in [-0.2, 0) is 16.1 Å². The molecule has 0 aliphatic rings. The predicted octanol–water partition coefficient (Wildman–Crippen LogP) is -0.751. The number of carboxylic acid groups (broad SMARTS) is 1. The van der Waals surface area contributed by atoms with Crippen LogP contribution in [0.3, 0.4) is 0 Å². The molecule has 0 saturated heterocycles. The number of carbonyl (C=O) groups is 2. The van der Waals surface area contributed by atoms with Gasteiger partial charge in [-0.2, -0.15) is 11.8 Å². The summed E-state index contributed by atoms with van der Waals surface area (Å²) in [5, 5.41) is 11.4. The second-order valence-electron chi connectivity index (χ2n) is 4.29.